The van der Waals surface area contributed by atoms with Gasteiger partial charge >= 0.3 is 0 Å². The van der Waals surface area contributed by atoms with Crippen molar-refractivity contribution in [1.82, 2.24) is 10.3 Å². The highest BCUT2D eigenvalue weighted by Crippen LogP contribution is 2.13. The lowest BCUT2D eigenvalue weighted by Gasteiger charge is -2.07. The van der Waals surface area contributed by atoms with Gasteiger partial charge in [-0.2, -0.15) is 0 Å². The van der Waals surface area contributed by atoms with Crippen LogP contribution in [-0.2, 0) is 11.3 Å². The molecule has 1 aromatic heterocycles. The summed E-state index contributed by atoms with van der Waals surface area (Å²) in [6.45, 7) is 2.62. The van der Waals surface area contributed by atoms with Crippen molar-refractivity contribution in [2.24, 2.45) is 0 Å². The van der Waals surface area contributed by atoms with E-state index in [2.05, 4.69) is 10.3 Å². The molecular weight excluding hydrogens is 256 g/mol. The number of pyridine rings is 1. The number of amides is 1. The van der Waals surface area contributed by atoms with Gasteiger partial charge < -0.3 is 5.32 Å². The van der Waals surface area contributed by atoms with Gasteiger partial charge in [-0.05, 0) is 30.2 Å². The first-order valence-electron chi connectivity index (χ1n) is 6.11. The largest absolute Gasteiger partial charge is 0.351 e. The van der Waals surface area contributed by atoms with Gasteiger partial charge in [-0.3, -0.25) is 4.79 Å². The second kappa shape index (κ2) is 6.95. The molecule has 0 unspecified atom stereocenters. The lowest BCUT2D eigenvalue weighted by Crippen LogP contribution is -2.24. The van der Waals surface area contributed by atoms with E-state index in [4.69, 9.17) is 0 Å². The summed E-state index contributed by atoms with van der Waals surface area (Å²) >= 11 is 1.44. The highest BCUT2D eigenvalue weighted by atomic mass is 32.2. The Balaban J connectivity index is 1.78. The number of carbonyl (C=O) groups is 1. The molecule has 0 radical (unpaired) electrons. The fourth-order valence-corrected chi connectivity index (χ4v) is 2.32. The SMILES string of the molecule is Cc1ccccc1CNC(=O)CSc1ccccn1. The van der Waals surface area contributed by atoms with Crippen LogP contribution in [0, 0.1) is 6.92 Å². The van der Waals surface area contributed by atoms with Gasteiger partial charge in [0.2, 0.25) is 5.91 Å². The number of benzene rings is 1. The van der Waals surface area contributed by atoms with E-state index in [-0.39, 0.29) is 5.91 Å². The molecule has 0 aliphatic heterocycles. The molecule has 0 fully saturated rings. The van der Waals surface area contributed by atoms with Crippen LogP contribution in [0.5, 0.6) is 0 Å². The van der Waals surface area contributed by atoms with Crippen molar-refractivity contribution in [3.63, 3.8) is 0 Å². The molecule has 4 heteroatoms. The number of nitrogens with zero attached hydrogens (tertiary/aromatic N) is 1. The van der Waals surface area contributed by atoms with Crippen molar-refractivity contribution in [2.45, 2.75) is 18.5 Å². The van der Waals surface area contributed by atoms with Crippen LogP contribution in [-0.4, -0.2) is 16.6 Å². The van der Waals surface area contributed by atoms with Crippen molar-refractivity contribution in [3.05, 3.63) is 59.8 Å². The van der Waals surface area contributed by atoms with E-state index in [0.717, 1.165) is 10.6 Å². The van der Waals surface area contributed by atoms with E-state index in [0.29, 0.717) is 12.3 Å². The smallest absolute Gasteiger partial charge is 0.230 e. The van der Waals surface area contributed by atoms with E-state index in [1.165, 1.54) is 17.3 Å². The average Bonchev–Trinajstić information content (AvgIpc) is 2.45. The van der Waals surface area contributed by atoms with E-state index < -0.39 is 0 Å². The van der Waals surface area contributed by atoms with Crippen molar-refractivity contribution in [1.29, 1.82) is 0 Å². The first-order valence-corrected chi connectivity index (χ1v) is 7.09. The highest BCUT2D eigenvalue weighted by Gasteiger charge is 2.04. The maximum Gasteiger partial charge on any atom is 0.230 e. The predicted molar refractivity (Wildman–Crippen MR) is 78.0 cm³/mol. The van der Waals surface area contributed by atoms with E-state index in [1.54, 1.807) is 6.20 Å². The molecule has 0 aliphatic rings. The molecule has 1 aromatic carbocycles. The Morgan fingerprint density at radius 1 is 1.21 bits per heavy atom. The first-order chi connectivity index (χ1) is 9.25. The van der Waals surface area contributed by atoms with Crippen LogP contribution in [0.15, 0.2) is 53.7 Å². The Bertz CT molecular complexity index is 543. The summed E-state index contributed by atoms with van der Waals surface area (Å²) in [4.78, 5) is 15.9. The van der Waals surface area contributed by atoms with Crippen molar-refractivity contribution in [2.75, 3.05) is 5.75 Å². The molecule has 0 saturated carbocycles. The quantitative estimate of drug-likeness (QED) is 0.851. The number of nitrogens with one attached hydrogen (secondary N) is 1. The molecule has 0 saturated heterocycles. The summed E-state index contributed by atoms with van der Waals surface area (Å²) in [5.41, 5.74) is 2.35. The normalized spacial score (nSPS) is 10.2. The summed E-state index contributed by atoms with van der Waals surface area (Å²) < 4.78 is 0. The van der Waals surface area contributed by atoms with Crippen LogP contribution in [0.25, 0.3) is 0 Å². The van der Waals surface area contributed by atoms with Gasteiger partial charge in [0.05, 0.1) is 10.8 Å². The molecule has 1 heterocycles. The third kappa shape index (κ3) is 4.41. The maximum absolute atomic E-state index is 11.7. The van der Waals surface area contributed by atoms with E-state index >= 15 is 0 Å². The van der Waals surface area contributed by atoms with Crippen molar-refractivity contribution in [3.8, 4) is 0 Å². The van der Waals surface area contributed by atoms with Gasteiger partial charge in [-0.1, -0.05) is 42.1 Å². The van der Waals surface area contributed by atoms with Crippen LogP contribution in [0.4, 0.5) is 0 Å². The Morgan fingerprint density at radius 3 is 2.74 bits per heavy atom. The molecule has 98 valence electrons. The molecule has 0 bridgehead atoms. The Hall–Kier alpha value is -1.81. The van der Waals surface area contributed by atoms with Crippen LogP contribution >= 0.6 is 11.8 Å². The number of hydrogen-bond acceptors (Lipinski definition) is 3. The number of thioether (sulfide) groups is 1. The molecule has 2 aromatic rings. The third-order valence-corrected chi connectivity index (χ3v) is 3.67. The van der Waals surface area contributed by atoms with E-state index in [9.17, 15) is 4.79 Å². The van der Waals surface area contributed by atoms with Crippen LogP contribution < -0.4 is 5.32 Å². The number of aryl methyl sites for hydroxylation is 1. The van der Waals surface area contributed by atoms with Crippen molar-refractivity contribution >= 4 is 17.7 Å². The standard InChI is InChI=1S/C15H16N2OS/c1-12-6-2-3-7-13(12)10-17-14(18)11-19-15-8-4-5-9-16-15/h2-9H,10-11H2,1H3,(H,17,18). The zero-order valence-electron chi connectivity index (χ0n) is 10.8. The molecular formula is C15H16N2OS. The van der Waals surface area contributed by atoms with E-state index in [1.807, 2.05) is 49.4 Å². The Morgan fingerprint density at radius 2 is 2.00 bits per heavy atom. The fourth-order valence-electron chi connectivity index (χ4n) is 1.63. The molecule has 1 amide bonds. The Labute approximate surface area is 117 Å². The monoisotopic (exact) mass is 272 g/mol. The zero-order chi connectivity index (χ0) is 13.5. The summed E-state index contributed by atoms with van der Waals surface area (Å²) in [5, 5.41) is 3.79. The minimum atomic E-state index is 0.0268. The summed E-state index contributed by atoms with van der Waals surface area (Å²) in [7, 11) is 0. The Kier molecular flexibility index (Phi) is 4.98. The number of carbonyl (C=O) groups excluding carboxylic acids is 1. The number of rotatable bonds is 5. The second-order valence-electron chi connectivity index (χ2n) is 4.16. The predicted octanol–water partition coefficient (Wildman–Crippen LogP) is 2.80. The minimum absolute atomic E-state index is 0.0268. The molecule has 2 rings (SSSR count). The second-order valence-corrected chi connectivity index (χ2v) is 5.16. The summed E-state index contributed by atoms with van der Waals surface area (Å²) in [6, 6.07) is 13.7. The average molecular weight is 272 g/mol. The fraction of sp³-hybridized carbons (Fsp3) is 0.200. The van der Waals surface area contributed by atoms with Gasteiger partial charge in [0.15, 0.2) is 0 Å². The summed E-state index contributed by atoms with van der Waals surface area (Å²) in [6.07, 6.45) is 1.73. The van der Waals surface area contributed by atoms with Gasteiger partial charge in [0, 0.05) is 12.7 Å². The van der Waals surface area contributed by atoms with Crippen LogP contribution in [0.1, 0.15) is 11.1 Å². The van der Waals surface area contributed by atoms with Gasteiger partial charge in [0.1, 0.15) is 0 Å². The lowest BCUT2D eigenvalue weighted by molar-refractivity contribution is -0.118. The number of aromatic nitrogens is 1. The molecule has 0 atom stereocenters. The van der Waals surface area contributed by atoms with Crippen molar-refractivity contribution < 1.29 is 4.79 Å². The topological polar surface area (TPSA) is 42.0 Å². The maximum atomic E-state index is 11.7. The zero-order valence-corrected chi connectivity index (χ0v) is 11.6. The van der Waals surface area contributed by atoms with Crippen LogP contribution in [0.3, 0.4) is 0 Å². The molecule has 0 spiro atoms. The third-order valence-electron chi connectivity index (χ3n) is 2.73. The molecule has 1 N–H and O–H groups in total. The lowest BCUT2D eigenvalue weighted by atomic mass is 10.1. The minimum Gasteiger partial charge on any atom is -0.351 e. The van der Waals surface area contributed by atoms with Crippen LogP contribution in [0.2, 0.25) is 0 Å². The molecule has 19 heavy (non-hydrogen) atoms. The number of hydrogen-bond donors (Lipinski definition) is 1. The first kappa shape index (κ1) is 13.6. The molecule has 3 nitrogen and oxygen atoms in total. The van der Waals surface area contributed by atoms with Gasteiger partial charge in [-0.15, -0.1) is 0 Å². The van der Waals surface area contributed by atoms with Gasteiger partial charge in [-0.25, -0.2) is 4.98 Å². The van der Waals surface area contributed by atoms with Gasteiger partial charge in [0.25, 0.3) is 0 Å². The highest BCUT2D eigenvalue weighted by molar-refractivity contribution is 7.99. The summed E-state index contributed by atoms with van der Waals surface area (Å²) in [5.74, 6) is 0.419. The molecule has 0 aliphatic carbocycles.